The minimum absolute atomic E-state index is 0.0283. The number of ether oxygens (including phenoxy) is 1. The van der Waals surface area contributed by atoms with Crippen molar-refractivity contribution in [2.24, 2.45) is 11.8 Å². The zero-order chi connectivity index (χ0) is 18.8. The van der Waals surface area contributed by atoms with E-state index in [0.717, 1.165) is 0 Å². The number of aliphatic carboxylic acids is 1. The van der Waals surface area contributed by atoms with Crippen molar-refractivity contribution in [2.75, 3.05) is 19.7 Å². The third kappa shape index (κ3) is 4.19. The van der Waals surface area contributed by atoms with Crippen LogP contribution < -0.4 is 0 Å². The fourth-order valence-corrected chi connectivity index (χ4v) is 4.65. The second-order valence-electron chi connectivity index (χ2n) is 6.40. The van der Waals surface area contributed by atoms with Gasteiger partial charge in [-0.2, -0.15) is 4.31 Å². The van der Waals surface area contributed by atoms with Gasteiger partial charge in [-0.05, 0) is 43.9 Å². The van der Waals surface area contributed by atoms with Gasteiger partial charge < -0.3 is 9.84 Å². The summed E-state index contributed by atoms with van der Waals surface area (Å²) in [5.74, 6) is -2.36. The van der Waals surface area contributed by atoms with E-state index >= 15 is 0 Å². The zero-order valence-corrected chi connectivity index (χ0v) is 15.4. The molecule has 0 aliphatic carbocycles. The van der Waals surface area contributed by atoms with Crippen molar-refractivity contribution >= 4 is 22.0 Å². The van der Waals surface area contributed by atoms with Crippen molar-refractivity contribution < 1.29 is 27.9 Å². The topological polar surface area (TPSA) is 101 Å². The molecule has 8 heteroatoms. The molecule has 2 unspecified atom stereocenters. The number of nitrogens with zero attached hydrogens (tertiary/aromatic N) is 1. The highest BCUT2D eigenvalue weighted by Crippen LogP contribution is 2.28. The van der Waals surface area contributed by atoms with Crippen LogP contribution in [0.25, 0.3) is 0 Å². The van der Waals surface area contributed by atoms with Crippen molar-refractivity contribution in [3.63, 3.8) is 0 Å². The average Bonchev–Trinajstić information content (AvgIpc) is 2.54. The Morgan fingerprint density at radius 2 is 2.00 bits per heavy atom. The minimum atomic E-state index is -3.89. The lowest BCUT2D eigenvalue weighted by Gasteiger charge is -2.33. The molecule has 138 valence electrons. The maximum atomic E-state index is 12.9. The van der Waals surface area contributed by atoms with Crippen molar-refractivity contribution in [3.05, 3.63) is 29.3 Å². The highest BCUT2D eigenvalue weighted by Gasteiger charge is 2.36. The molecule has 1 fully saturated rings. The summed E-state index contributed by atoms with van der Waals surface area (Å²) >= 11 is 0. The van der Waals surface area contributed by atoms with Crippen LogP contribution in [0.3, 0.4) is 0 Å². The van der Waals surface area contributed by atoms with Gasteiger partial charge in [0.05, 0.1) is 23.0 Å². The van der Waals surface area contributed by atoms with Gasteiger partial charge in [0.25, 0.3) is 0 Å². The molecule has 2 rings (SSSR count). The van der Waals surface area contributed by atoms with Gasteiger partial charge >= 0.3 is 11.9 Å². The number of hydrogen-bond donors (Lipinski definition) is 1. The van der Waals surface area contributed by atoms with Crippen molar-refractivity contribution in [3.8, 4) is 0 Å². The van der Waals surface area contributed by atoms with Gasteiger partial charge in [0.2, 0.25) is 10.0 Å². The van der Waals surface area contributed by atoms with Gasteiger partial charge in [-0.15, -0.1) is 0 Å². The van der Waals surface area contributed by atoms with Crippen molar-refractivity contribution in [2.45, 2.75) is 32.1 Å². The van der Waals surface area contributed by atoms with Gasteiger partial charge in [0.1, 0.15) is 0 Å². The summed E-state index contributed by atoms with van der Waals surface area (Å²) in [6.07, 6.45) is 0.448. The Labute approximate surface area is 147 Å². The first-order valence-electron chi connectivity index (χ1n) is 8.17. The molecule has 1 N–H and O–H groups in total. The molecule has 25 heavy (non-hydrogen) atoms. The first kappa shape index (κ1) is 19.4. The molecule has 1 aliphatic rings. The van der Waals surface area contributed by atoms with E-state index in [1.807, 2.05) is 6.92 Å². The van der Waals surface area contributed by atoms with Crippen LogP contribution in [0.5, 0.6) is 0 Å². The monoisotopic (exact) mass is 369 g/mol. The number of carbonyl (C=O) groups excluding carboxylic acids is 1. The summed E-state index contributed by atoms with van der Waals surface area (Å²) in [7, 11) is -3.89. The maximum Gasteiger partial charge on any atom is 0.338 e. The molecule has 1 heterocycles. The zero-order valence-electron chi connectivity index (χ0n) is 14.6. The average molecular weight is 369 g/mol. The smallest absolute Gasteiger partial charge is 0.338 e. The van der Waals surface area contributed by atoms with Gasteiger partial charge in [-0.25, -0.2) is 13.2 Å². The lowest BCUT2D eigenvalue weighted by molar-refractivity contribution is -0.143. The predicted molar refractivity (Wildman–Crippen MR) is 90.8 cm³/mol. The Morgan fingerprint density at radius 3 is 2.60 bits per heavy atom. The van der Waals surface area contributed by atoms with Gasteiger partial charge in [0.15, 0.2) is 0 Å². The Kier molecular flexibility index (Phi) is 5.84. The van der Waals surface area contributed by atoms with Crippen LogP contribution in [0, 0.1) is 18.8 Å². The molecular formula is C17H23NO6S. The fraction of sp³-hybridized carbons (Fsp3) is 0.529. The number of benzene rings is 1. The first-order chi connectivity index (χ1) is 11.7. The standard InChI is InChI=1S/C17H23NO6S/c1-4-24-17(21)15-8-14(6-5-12(15)3)25(22,23)18-9-11(2)7-13(10-18)16(19)20/h5-6,8,11,13H,4,7,9-10H2,1-3H3,(H,19,20). The van der Waals surface area contributed by atoms with E-state index in [-0.39, 0.29) is 36.1 Å². The van der Waals surface area contributed by atoms with E-state index < -0.39 is 27.9 Å². The molecule has 0 aromatic heterocycles. The summed E-state index contributed by atoms with van der Waals surface area (Å²) in [5, 5.41) is 9.24. The third-order valence-electron chi connectivity index (χ3n) is 4.32. The van der Waals surface area contributed by atoms with Crippen LogP contribution in [0.4, 0.5) is 0 Å². The van der Waals surface area contributed by atoms with Gasteiger partial charge in [-0.3, -0.25) is 4.79 Å². The Bertz CT molecular complexity index is 773. The van der Waals surface area contributed by atoms with Crippen molar-refractivity contribution in [1.29, 1.82) is 0 Å². The number of aryl methyl sites for hydroxylation is 1. The molecule has 0 bridgehead atoms. The number of rotatable bonds is 5. The van der Waals surface area contributed by atoms with E-state index in [1.54, 1.807) is 19.9 Å². The summed E-state index contributed by atoms with van der Waals surface area (Å²) in [5.41, 5.74) is 0.815. The maximum absolute atomic E-state index is 12.9. The van der Waals surface area contributed by atoms with Gasteiger partial charge in [-0.1, -0.05) is 13.0 Å². The molecule has 1 aliphatic heterocycles. The second kappa shape index (κ2) is 7.53. The molecule has 1 aromatic rings. The Hall–Kier alpha value is -1.93. The Balaban J connectivity index is 2.37. The lowest BCUT2D eigenvalue weighted by atomic mass is 9.92. The van der Waals surface area contributed by atoms with E-state index in [1.165, 1.54) is 16.4 Å². The molecular weight excluding hydrogens is 346 g/mol. The minimum Gasteiger partial charge on any atom is -0.481 e. The summed E-state index contributed by atoms with van der Waals surface area (Å²) in [6.45, 7) is 5.59. The van der Waals surface area contributed by atoms with E-state index in [2.05, 4.69) is 0 Å². The van der Waals surface area contributed by atoms with Crippen LogP contribution in [-0.2, 0) is 19.6 Å². The normalized spacial score (nSPS) is 21.7. The summed E-state index contributed by atoms with van der Waals surface area (Å²) in [4.78, 5) is 23.3. The van der Waals surface area contributed by atoms with Crippen molar-refractivity contribution in [1.82, 2.24) is 4.31 Å². The molecule has 7 nitrogen and oxygen atoms in total. The summed E-state index contributed by atoms with van der Waals surface area (Å²) in [6, 6.07) is 4.29. The van der Waals surface area contributed by atoms with Crippen LogP contribution in [0.2, 0.25) is 0 Å². The molecule has 1 saturated heterocycles. The third-order valence-corrected chi connectivity index (χ3v) is 6.15. The number of sulfonamides is 1. The fourth-order valence-electron chi connectivity index (χ4n) is 3.02. The van der Waals surface area contributed by atoms with E-state index in [4.69, 9.17) is 4.74 Å². The quantitative estimate of drug-likeness (QED) is 0.796. The number of hydrogen-bond acceptors (Lipinski definition) is 5. The number of carboxylic acid groups (broad SMARTS) is 1. The molecule has 0 amide bonds. The molecule has 0 radical (unpaired) electrons. The number of carboxylic acids is 1. The predicted octanol–water partition coefficient (Wildman–Crippen LogP) is 1.90. The summed E-state index contributed by atoms with van der Waals surface area (Å²) < 4.78 is 32.0. The number of piperidine rings is 1. The highest BCUT2D eigenvalue weighted by atomic mass is 32.2. The van der Waals surface area contributed by atoms with Gasteiger partial charge in [0, 0.05) is 13.1 Å². The van der Waals surface area contributed by atoms with Crippen LogP contribution in [-0.4, -0.2) is 49.5 Å². The molecule has 2 atom stereocenters. The Morgan fingerprint density at radius 1 is 1.32 bits per heavy atom. The second-order valence-corrected chi connectivity index (χ2v) is 8.33. The number of carbonyl (C=O) groups is 2. The molecule has 0 spiro atoms. The van der Waals surface area contributed by atoms with Crippen LogP contribution in [0.15, 0.2) is 23.1 Å². The molecule has 1 aromatic carbocycles. The first-order valence-corrected chi connectivity index (χ1v) is 9.61. The lowest BCUT2D eigenvalue weighted by Crippen LogP contribution is -2.45. The highest BCUT2D eigenvalue weighted by molar-refractivity contribution is 7.89. The SMILES string of the molecule is CCOC(=O)c1cc(S(=O)(=O)N2CC(C)CC(C(=O)O)C2)ccc1C. The largest absolute Gasteiger partial charge is 0.481 e. The van der Waals surface area contributed by atoms with E-state index in [0.29, 0.717) is 12.0 Å². The molecule has 0 saturated carbocycles. The van der Waals surface area contributed by atoms with E-state index in [9.17, 15) is 23.1 Å². The van der Waals surface area contributed by atoms with Crippen LogP contribution >= 0.6 is 0 Å². The number of esters is 1. The van der Waals surface area contributed by atoms with Crippen LogP contribution in [0.1, 0.15) is 36.2 Å².